The van der Waals surface area contributed by atoms with E-state index in [0.29, 0.717) is 18.7 Å². The largest absolute Gasteiger partial charge is 0.464 e. The van der Waals surface area contributed by atoms with Crippen LogP contribution in [-0.2, 0) is 4.79 Å². The summed E-state index contributed by atoms with van der Waals surface area (Å²) in [5.74, 6) is 1.25. The lowest BCUT2D eigenvalue weighted by atomic mass is 9.96. The van der Waals surface area contributed by atoms with Crippen LogP contribution in [0.4, 0.5) is 5.69 Å². The Bertz CT molecular complexity index is 1250. The Hall–Kier alpha value is -3.80. The summed E-state index contributed by atoms with van der Waals surface area (Å²) in [5.41, 5.74) is 3.07. The SMILES string of the molecule is Cc1cc2cc(C(=O)N3CCC[C@@H](C(=O)Nc4ccc(-c5ccco5)cc4)C3)ccc2o1. The number of nitrogens with zero attached hydrogens (tertiary/aromatic N) is 1. The zero-order valence-corrected chi connectivity index (χ0v) is 17.8. The number of aryl methyl sites for hydroxylation is 1. The second-order valence-electron chi connectivity index (χ2n) is 8.24. The lowest BCUT2D eigenvalue weighted by Gasteiger charge is -2.32. The molecular weight excluding hydrogens is 404 g/mol. The predicted molar refractivity (Wildman–Crippen MR) is 122 cm³/mol. The first-order valence-electron chi connectivity index (χ1n) is 10.8. The van der Waals surface area contributed by atoms with Gasteiger partial charge in [0, 0.05) is 35.3 Å². The van der Waals surface area contributed by atoms with Gasteiger partial charge in [0.2, 0.25) is 5.91 Å². The minimum absolute atomic E-state index is 0.0500. The third kappa shape index (κ3) is 4.04. The number of anilines is 1. The Labute approximate surface area is 185 Å². The molecule has 1 aliphatic heterocycles. The molecule has 0 saturated carbocycles. The van der Waals surface area contributed by atoms with E-state index in [1.807, 2.05) is 61.5 Å². The number of piperidine rings is 1. The van der Waals surface area contributed by atoms with Gasteiger partial charge in [0.05, 0.1) is 12.2 Å². The van der Waals surface area contributed by atoms with E-state index in [9.17, 15) is 9.59 Å². The van der Waals surface area contributed by atoms with Crippen molar-refractivity contribution in [1.29, 1.82) is 0 Å². The summed E-state index contributed by atoms with van der Waals surface area (Å²) in [7, 11) is 0. The molecule has 0 unspecified atom stereocenters. The molecule has 2 aromatic heterocycles. The van der Waals surface area contributed by atoms with Crippen molar-refractivity contribution >= 4 is 28.5 Å². The summed E-state index contributed by atoms with van der Waals surface area (Å²) in [6.45, 7) is 2.96. The van der Waals surface area contributed by atoms with Gasteiger partial charge in [-0.3, -0.25) is 9.59 Å². The van der Waals surface area contributed by atoms with E-state index >= 15 is 0 Å². The molecule has 1 aliphatic rings. The first kappa shape index (κ1) is 20.1. The van der Waals surface area contributed by atoms with Gasteiger partial charge in [-0.2, -0.15) is 0 Å². The maximum Gasteiger partial charge on any atom is 0.253 e. The van der Waals surface area contributed by atoms with E-state index in [0.717, 1.165) is 46.6 Å². The van der Waals surface area contributed by atoms with Crippen molar-refractivity contribution < 1.29 is 18.4 Å². The Morgan fingerprint density at radius 2 is 1.91 bits per heavy atom. The lowest BCUT2D eigenvalue weighted by molar-refractivity contribution is -0.121. The lowest BCUT2D eigenvalue weighted by Crippen LogP contribution is -2.43. The number of carbonyl (C=O) groups excluding carboxylic acids is 2. The number of carbonyl (C=O) groups is 2. The van der Waals surface area contributed by atoms with E-state index in [2.05, 4.69) is 5.32 Å². The summed E-state index contributed by atoms with van der Waals surface area (Å²) in [5, 5.41) is 3.90. The first-order valence-corrected chi connectivity index (χ1v) is 10.8. The minimum Gasteiger partial charge on any atom is -0.464 e. The summed E-state index contributed by atoms with van der Waals surface area (Å²) in [6, 6.07) is 18.7. The monoisotopic (exact) mass is 428 g/mol. The molecule has 5 rings (SSSR count). The molecule has 0 radical (unpaired) electrons. The molecule has 4 aromatic rings. The third-order valence-corrected chi connectivity index (χ3v) is 5.92. The molecule has 2 amide bonds. The van der Waals surface area contributed by atoms with Crippen molar-refractivity contribution in [2.45, 2.75) is 19.8 Å². The van der Waals surface area contributed by atoms with Crippen LogP contribution in [0.25, 0.3) is 22.3 Å². The number of rotatable bonds is 4. The predicted octanol–water partition coefficient (Wildman–Crippen LogP) is 5.49. The Kier molecular flexibility index (Phi) is 5.27. The average Bonchev–Trinajstić information content (AvgIpc) is 3.48. The molecule has 2 aromatic carbocycles. The summed E-state index contributed by atoms with van der Waals surface area (Å²) in [6.07, 6.45) is 3.20. The first-order chi connectivity index (χ1) is 15.6. The number of likely N-dealkylation sites (tertiary alicyclic amines) is 1. The van der Waals surface area contributed by atoms with Crippen molar-refractivity contribution in [3.8, 4) is 11.3 Å². The van der Waals surface area contributed by atoms with Crippen molar-refractivity contribution in [3.05, 3.63) is 78.3 Å². The topological polar surface area (TPSA) is 75.7 Å². The highest BCUT2D eigenvalue weighted by Gasteiger charge is 2.29. The van der Waals surface area contributed by atoms with Gasteiger partial charge in [-0.25, -0.2) is 0 Å². The molecule has 6 heteroatoms. The molecule has 1 fully saturated rings. The van der Waals surface area contributed by atoms with Crippen LogP contribution in [0, 0.1) is 12.8 Å². The molecule has 0 bridgehead atoms. The van der Waals surface area contributed by atoms with Gasteiger partial charge in [-0.1, -0.05) is 0 Å². The van der Waals surface area contributed by atoms with E-state index in [-0.39, 0.29) is 17.7 Å². The number of hydrogen-bond acceptors (Lipinski definition) is 4. The van der Waals surface area contributed by atoms with E-state index in [1.54, 1.807) is 17.2 Å². The Balaban J connectivity index is 1.24. The fourth-order valence-corrected chi connectivity index (χ4v) is 4.27. The van der Waals surface area contributed by atoms with E-state index in [1.165, 1.54) is 0 Å². The molecule has 0 aliphatic carbocycles. The number of benzene rings is 2. The molecular formula is C26H24N2O4. The maximum absolute atomic E-state index is 13.1. The maximum atomic E-state index is 13.1. The Morgan fingerprint density at radius 1 is 1.06 bits per heavy atom. The Morgan fingerprint density at radius 3 is 2.69 bits per heavy atom. The highest BCUT2D eigenvalue weighted by atomic mass is 16.3. The van der Waals surface area contributed by atoms with Crippen molar-refractivity contribution in [2.75, 3.05) is 18.4 Å². The van der Waals surface area contributed by atoms with E-state index < -0.39 is 0 Å². The molecule has 1 atom stereocenters. The fraction of sp³-hybridized carbons (Fsp3) is 0.231. The highest BCUT2D eigenvalue weighted by molar-refractivity contribution is 5.99. The van der Waals surface area contributed by atoms with Gasteiger partial charge in [-0.05, 0) is 80.4 Å². The fourth-order valence-electron chi connectivity index (χ4n) is 4.27. The van der Waals surface area contributed by atoms with Crippen molar-refractivity contribution in [3.63, 3.8) is 0 Å². The zero-order chi connectivity index (χ0) is 22.1. The second kappa shape index (κ2) is 8.38. The minimum atomic E-state index is -0.239. The summed E-state index contributed by atoms with van der Waals surface area (Å²) < 4.78 is 11.0. The molecule has 1 N–H and O–H groups in total. The van der Waals surface area contributed by atoms with Crippen LogP contribution >= 0.6 is 0 Å². The van der Waals surface area contributed by atoms with Gasteiger partial charge in [-0.15, -0.1) is 0 Å². The number of nitrogens with one attached hydrogen (secondary N) is 1. The van der Waals surface area contributed by atoms with Crippen LogP contribution in [0.2, 0.25) is 0 Å². The number of furan rings is 2. The highest BCUT2D eigenvalue weighted by Crippen LogP contribution is 2.25. The standard InChI is InChI=1S/C26H24N2O4/c1-17-14-21-15-19(8-11-24(21)32-17)26(30)28-12-2-4-20(16-28)25(29)27-22-9-6-18(7-10-22)23-5-3-13-31-23/h3,5-11,13-15,20H,2,4,12,16H2,1H3,(H,27,29)/t20-/m1/s1. The van der Waals surface area contributed by atoms with Gasteiger partial charge >= 0.3 is 0 Å². The van der Waals surface area contributed by atoms with Crippen LogP contribution in [0.15, 0.2) is 75.8 Å². The summed E-state index contributed by atoms with van der Waals surface area (Å²) in [4.78, 5) is 27.7. The quantitative estimate of drug-likeness (QED) is 0.466. The molecule has 3 heterocycles. The van der Waals surface area contributed by atoms with Crippen LogP contribution in [0.1, 0.15) is 29.0 Å². The molecule has 1 saturated heterocycles. The number of amides is 2. The van der Waals surface area contributed by atoms with Crippen LogP contribution in [0.3, 0.4) is 0 Å². The van der Waals surface area contributed by atoms with Gasteiger partial charge in [0.1, 0.15) is 17.1 Å². The van der Waals surface area contributed by atoms with Crippen LogP contribution in [0.5, 0.6) is 0 Å². The normalized spacial score (nSPS) is 16.3. The van der Waals surface area contributed by atoms with Crippen LogP contribution < -0.4 is 5.32 Å². The molecule has 6 nitrogen and oxygen atoms in total. The zero-order valence-electron chi connectivity index (χ0n) is 17.8. The van der Waals surface area contributed by atoms with E-state index in [4.69, 9.17) is 8.83 Å². The molecule has 32 heavy (non-hydrogen) atoms. The molecule has 0 spiro atoms. The van der Waals surface area contributed by atoms with Gasteiger partial charge in [0.25, 0.3) is 5.91 Å². The third-order valence-electron chi connectivity index (χ3n) is 5.92. The second-order valence-corrected chi connectivity index (χ2v) is 8.24. The van der Waals surface area contributed by atoms with Crippen molar-refractivity contribution in [1.82, 2.24) is 4.90 Å². The number of fused-ring (bicyclic) bond motifs is 1. The average molecular weight is 428 g/mol. The number of hydrogen-bond donors (Lipinski definition) is 1. The van der Waals surface area contributed by atoms with Crippen molar-refractivity contribution in [2.24, 2.45) is 5.92 Å². The molecule has 162 valence electrons. The van der Waals surface area contributed by atoms with Gasteiger partial charge in [0.15, 0.2) is 0 Å². The van der Waals surface area contributed by atoms with Crippen LogP contribution in [-0.4, -0.2) is 29.8 Å². The van der Waals surface area contributed by atoms with Gasteiger partial charge < -0.3 is 19.1 Å². The summed E-state index contributed by atoms with van der Waals surface area (Å²) >= 11 is 0. The smallest absolute Gasteiger partial charge is 0.253 e.